The number of rotatable bonds is 4. The molecular weight excluding hydrogens is 274 g/mol. The molecule has 7 heteroatoms. The lowest BCUT2D eigenvalue weighted by atomic mass is 10.2. The van der Waals surface area contributed by atoms with Gasteiger partial charge in [-0.3, -0.25) is 10.00 Å². The van der Waals surface area contributed by atoms with Crippen LogP contribution in [-0.2, 0) is 21.3 Å². The van der Waals surface area contributed by atoms with E-state index in [1.165, 1.54) is 23.0 Å². The predicted molar refractivity (Wildman–Crippen MR) is 78.7 cm³/mol. The molecule has 1 heterocycles. The third kappa shape index (κ3) is 5.68. The smallest absolute Gasteiger partial charge is 0.412 e. The molecule has 0 aliphatic carbocycles. The molecule has 0 fully saturated rings. The fraction of sp³-hybridized carbons (Fsp3) is 0.500. The number of nitrogens with zero attached hydrogens (tertiary/aromatic N) is 2. The SMILES string of the molecule is CCOC(=O)/C=C/c1c(NC(=O)OC(C)(C)C)cnn1C. The second-order valence-corrected chi connectivity index (χ2v) is 5.28. The summed E-state index contributed by atoms with van der Waals surface area (Å²) in [5.41, 5.74) is 0.425. The molecule has 0 aromatic carbocycles. The summed E-state index contributed by atoms with van der Waals surface area (Å²) in [4.78, 5) is 23.1. The van der Waals surface area contributed by atoms with Gasteiger partial charge in [0.1, 0.15) is 5.60 Å². The van der Waals surface area contributed by atoms with Crippen LogP contribution in [-0.4, -0.2) is 34.1 Å². The van der Waals surface area contributed by atoms with Crippen LogP contribution < -0.4 is 5.32 Å². The number of esters is 1. The first-order valence-corrected chi connectivity index (χ1v) is 6.59. The minimum absolute atomic E-state index is 0.303. The standard InChI is InChI=1S/C14H21N3O4/c1-6-20-12(18)8-7-11-10(9-15-17(11)5)16-13(19)21-14(2,3)4/h7-9H,6H2,1-5H3,(H,16,19)/b8-7+. The van der Waals surface area contributed by atoms with Gasteiger partial charge in [0.05, 0.1) is 24.2 Å². The number of carbonyl (C=O) groups is 2. The molecule has 1 amide bonds. The van der Waals surface area contributed by atoms with E-state index < -0.39 is 17.7 Å². The molecule has 0 unspecified atom stereocenters. The van der Waals surface area contributed by atoms with E-state index in [0.717, 1.165) is 0 Å². The number of hydrogen-bond donors (Lipinski definition) is 1. The van der Waals surface area contributed by atoms with Gasteiger partial charge in [0.2, 0.25) is 0 Å². The van der Waals surface area contributed by atoms with Crippen LogP contribution in [0.5, 0.6) is 0 Å². The number of ether oxygens (including phenoxy) is 2. The van der Waals surface area contributed by atoms with Crippen molar-refractivity contribution in [2.75, 3.05) is 11.9 Å². The topological polar surface area (TPSA) is 82.4 Å². The molecule has 21 heavy (non-hydrogen) atoms. The Labute approximate surface area is 123 Å². The van der Waals surface area contributed by atoms with Gasteiger partial charge in [-0.15, -0.1) is 0 Å². The van der Waals surface area contributed by atoms with Crippen molar-refractivity contribution < 1.29 is 19.1 Å². The molecule has 7 nitrogen and oxygen atoms in total. The maximum atomic E-state index is 11.7. The number of carbonyl (C=O) groups excluding carboxylic acids is 2. The van der Waals surface area contributed by atoms with E-state index in [1.807, 2.05) is 0 Å². The van der Waals surface area contributed by atoms with Crippen molar-refractivity contribution in [3.63, 3.8) is 0 Å². The first-order valence-electron chi connectivity index (χ1n) is 6.59. The van der Waals surface area contributed by atoms with Crippen LogP contribution in [0, 0.1) is 0 Å². The number of anilines is 1. The highest BCUT2D eigenvalue weighted by atomic mass is 16.6. The Morgan fingerprint density at radius 1 is 1.43 bits per heavy atom. The minimum atomic E-state index is -0.590. The number of aromatic nitrogens is 2. The highest BCUT2D eigenvalue weighted by Crippen LogP contribution is 2.17. The van der Waals surface area contributed by atoms with Crippen LogP contribution in [0.15, 0.2) is 12.3 Å². The van der Waals surface area contributed by atoms with Gasteiger partial charge in [0.15, 0.2) is 0 Å². The Morgan fingerprint density at radius 2 is 2.10 bits per heavy atom. The lowest BCUT2D eigenvalue weighted by Crippen LogP contribution is -2.27. The Morgan fingerprint density at radius 3 is 2.67 bits per heavy atom. The lowest BCUT2D eigenvalue weighted by Gasteiger charge is -2.19. The van der Waals surface area contributed by atoms with E-state index in [4.69, 9.17) is 9.47 Å². The molecule has 116 valence electrons. The molecule has 1 aromatic rings. The van der Waals surface area contributed by atoms with E-state index in [2.05, 4.69) is 10.4 Å². The van der Waals surface area contributed by atoms with Gasteiger partial charge < -0.3 is 9.47 Å². The van der Waals surface area contributed by atoms with E-state index in [0.29, 0.717) is 18.0 Å². The summed E-state index contributed by atoms with van der Waals surface area (Å²) in [5.74, 6) is -0.457. The van der Waals surface area contributed by atoms with Crippen molar-refractivity contribution in [1.82, 2.24) is 9.78 Å². The highest BCUT2D eigenvalue weighted by Gasteiger charge is 2.18. The van der Waals surface area contributed by atoms with Gasteiger partial charge in [-0.25, -0.2) is 9.59 Å². The van der Waals surface area contributed by atoms with Gasteiger partial charge in [-0.1, -0.05) is 0 Å². The van der Waals surface area contributed by atoms with Crippen molar-refractivity contribution >= 4 is 23.8 Å². The van der Waals surface area contributed by atoms with Crippen LogP contribution in [0.25, 0.3) is 6.08 Å². The maximum absolute atomic E-state index is 11.7. The van der Waals surface area contributed by atoms with Gasteiger partial charge in [0, 0.05) is 13.1 Å². The van der Waals surface area contributed by atoms with Crippen molar-refractivity contribution in [1.29, 1.82) is 0 Å². The van der Waals surface area contributed by atoms with Gasteiger partial charge in [0.25, 0.3) is 0 Å². The Bertz CT molecular complexity index is 541. The van der Waals surface area contributed by atoms with Crippen molar-refractivity contribution in [2.24, 2.45) is 7.05 Å². The molecule has 0 atom stereocenters. The molecule has 0 saturated heterocycles. The van der Waals surface area contributed by atoms with Crippen LogP contribution in [0.1, 0.15) is 33.4 Å². The summed E-state index contributed by atoms with van der Waals surface area (Å²) < 4.78 is 11.5. The predicted octanol–water partition coefficient (Wildman–Crippen LogP) is 2.34. The zero-order chi connectivity index (χ0) is 16.0. The first-order chi connectivity index (χ1) is 9.73. The zero-order valence-electron chi connectivity index (χ0n) is 13.0. The summed E-state index contributed by atoms with van der Waals surface area (Å²) >= 11 is 0. The highest BCUT2D eigenvalue weighted by molar-refractivity contribution is 5.91. The van der Waals surface area contributed by atoms with Crippen LogP contribution >= 0.6 is 0 Å². The number of hydrogen-bond acceptors (Lipinski definition) is 5. The summed E-state index contributed by atoms with van der Waals surface area (Å²) in [6.07, 6.45) is 3.70. The maximum Gasteiger partial charge on any atom is 0.412 e. The molecule has 0 bridgehead atoms. The van der Waals surface area contributed by atoms with E-state index >= 15 is 0 Å². The first kappa shape index (κ1) is 16.7. The molecule has 0 spiro atoms. The van der Waals surface area contributed by atoms with Crippen molar-refractivity contribution in [3.05, 3.63) is 18.0 Å². The molecule has 0 radical (unpaired) electrons. The molecule has 0 aliphatic heterocycles. The monoisotopic (exact) mass is 295 g/mol. The van der Waals surface area contributed by atoms with Gasteiger partial charge >= 0.3 is 12.1 Å². The van der Waals surface area contributed by atoms with Crippen molar-refractivity contribution in [3.8, 4) is 0 Å². The van der Waals surface area contributed by atoms with Crippen molar-refractivity contribution in [2.45, 2.75) is 33.3 Å². The Hall–Kier alpha value is -2.31. The minimum Gasteiger partial charge on any atom is -0.463 e. The average molecular weight is 295 g/mol. The number of aryl methyl sites for hydroxylation is 1. The number of nitrogens with one attached hydrogen (secondary N) is 1. The Kier molecular flexibility index (Phi) is 5.52. The van der Waals surface area contributed by atoms with E-state index in [-0.39, 0.29) is 0 Å². The van der Waals surface area contributed by atoms with Crippen LogP contribution in [0.4, 0.5) is 10.5 Å². The van der Waals surface area contributed by atoms with E-state index in [1.54, 1.807) is 34.7 Å². The molecule has 0 aliphatic rings. The average Bonchev–Trinajstić information content (AvgIpc) is 2.65. The largest absolute Gasteiger partial charge is 0.463 e. The molecule has 1 rings (SSSR count). The van der Waals surface area contributed by atoms with Gasteiger partial charge in [-0.05, 0) is 33.8 Å². The summed E-state index contributed by atoms with van der Waals surface area (Å²) in [7, 11) is 1.70. The molecule has 0 saturated carbocycles. The van der Waals surface area contributed by atoms with Crippen LogP contribution in [0.3, 0.4) is 0 Å². The summed E-state index contributed by atoms with van der Waals surface area (Å²) in [6.45, 7) is 7.36. The van der Waals surface area contributed by atoms with E-state index in [9.17, 15) is 9.59 Å². The lowest BCUT2D eigenvalue weighted by molar-refractivity contribution is -0.137. The third-order valence-electron chi connectivity index (χ3n) is 2.28. The Balaban J connectivity index is 2.81. The second kappa shape index (κ2) is 6.92. The molecule has 1 aromatic heterocycles. The normalized spacial score (nSPS) is 11.5. The third-order valence-corrected chi connectivity index (χ3v) is 2.28. The summed E-state index contributed by atoms with van der Waals surface area (Å²) in [5, 5.41) is 6.63. The fourth-order valence-electron chi connectivity index (χ4n) is 1.49. The molecule has 1 N–H and O–H groups in total. The van der Waals surface area contributed by atoms with Crippen LogP contribution in [0.2, 0.25) is 0 Å². The number of amides is 1. The van der Waals surface area contributed by atoms with Gasteiger partial charge in [-0.2, -0.15) is 5.10 Å². The zero-order valence-corrected chi connectivity index (χ0v) is 13.0. The second-order valence-electron chi connectivity index (χ2n) is 5.28. The molecular formula is C14H21N3O4. The quantitative estimate of drug-likeness (QED) is 0.681. The summed E-state index contributed by atoms with van der Waals surface area (Å²) in [6, 6.07) is 0. The fourth-order valence-corrected chi connectivity index (χ4v) is 1.49.